The van der Waals surface area contributed by atoms with Crippen LogP contribution in [0, 0.1) is 11.3 Å². The minimum absolute atomic E-state index is 0.243. The molecule has 4 nitrogen and oxygen atoms in total. The maximum absolute atomic E-state index is 12.3. The summed E-state index contributed by atoms with van der Waals surface area (Å²) in [6.07, 6.45) is 5.23. The number of aryl methyl sites for hydroxylation is 1. The molecule has 1 amide bonds. The van der Waals surface area contributed by atoms with Crippen LogP contribution in [-0.2, 0) is 6.42 Å². The van der Waals surface area contributed by atoms with E-state index >= 15 is 0 Å². The summed E-state index contributed by atoms with van der Waals surface area (Å²) in [6.45, 7) is 1.96. The fourth-order valence-electron chi connectivity index (χ4n) is 2.57. The molecule has 1 aliphatic rings. The van der Waals surface area contributed by atoms with E-state index in [1.165, 1.54) is 0 Å². The highest BCUT2D eigenvalue weighted by atomic mass is 35.5. The minimum Gasteiger partial charge on any atom is -0.334 e. The summed E-state index contributed by atoms with van der Waals surface area (Å²) < 4.78 is 0. The number of halogens is 1. The Balaban J connectivity index is 2.19. The Morgan fingerprint density at radius 3 is 2.75 bits per heavy atom. The Bertz CT molecular complexity index is 545. The van der Waals surface area contributed by atoms with E-state index < -0.39 is 5.54 Å². The molecule has 0 bridgehead atoms. The van der Waals surface area contributed by atoms with Crippen LogP contribution in [0.25, 0.3) is 0 Å². The molecule has 0 unspecified atom stereocenters. The van der Waals surface area contributed by atoms with Crippen molar-refractivity contribution in [1.82, 2.24) is 10.3 Å². The lowest BCUT2D eigenvalue weighted by atomic mass is 9.82. The van der Waals surface area contributed by atoms with Crippen molar-refractivity contribution in [2.24, 2.45) is 0 Å². The standard InChI is InChI=1S/C15H18ClN3O/c1-2-12-8-11(9-13(16)18-12)14(20)19-15(10-17)6-4-3-5-7-15/h8-9H,2-7H2,1H3,(H,19,20). The van der Waals surface area contributed by atoms with Crippen LogP contribution in [0.15, 0.2) is 12.1 Å². The zero-order valence-electron chi connectivity index (χ0n) is 11.6. The number of nitrogens with zero attached hydrogens (tertiary/aromatic N) is 2. The first kappa shape index (κ1) is 14.8. The third-order valence-electron chi connectivity index (χ3n) is 3.75. The quantitative estimate of drug-likeness (QED) is 0.869. The summed E-state index contributed by atoms with van der Waals surface area (Å²) in [7, 11) is 0. The first-order valence-corrected chi connectivity index (χ1v) is 7.36. The van der Waals surface area contributed by atoms with Gasteiger partial charge in [-0.3, -0.25) is 4.79 Å². The van der Waals surface area contributed by atoms with E-state index in [4.69, 9.17) is 11.6 Å². The Morgan fingerprint density at radius 2 is 2.15 bits per heavy atom. The summed E-state index contributed by atoms with van der Waals surface area (Å²) in [5, 5.41) is 12.6. The highest BCUT2D eigenvalue weighted by Gasteiger charge is 2.33. The van der Waals surface area contributed by atoms with Crippen molar-refractivity contribution >= 4 is 17.5 Å². The maximum Gasteiger partial charge on any atom is 0.252 e. The number of hydrogen-bond donors (Lipinski definition) is 1. The van der Waals surface area contributed by atoms with Crippen molar-refractivity contribution in [3.63, 3.8) is 0 Å². The molecule has 0 spiro atoms. The summed E-state index contributed by atoms with van der Waals surface area (Å²) in [6, 6.07) is 5.56. The molecule has 2 rings (SSSR count). The number of aromatic nitrogens is 1. The SMILES string of the molecule is CCc1cc(C(=O)NC2(C#N)CCCCC2)cc(Cl)n1. The average molecular weight is 292 g/mol. The van der Waals surface area contributed by atoms with E-state index in [-0.39, 0.29) is 5.91 Å². The van der Waals surface area contributed by atoms with E-state index in [0.717, 1.165) is 25.0 Å². The molecule has 1 aliphatic carbocycles. The van der Waals surface area contributed by atoms with E-state index in [9.17, 15) is 10.1 Å². The molecule has 20 heavy (non-hydrogen) atoms. The number of nitrogens with one attached hydrogen (secondary N) is 1. The van der Waals surface area contributed by atoms with Crippen molar-refractivity contribution in [2.75, 3.05) is 0 Å². The number of pyridine rings is 1. The smallest absolute Gasteiger partial charge is 0.252 e. The Labute approximate surface area is 124 Å². The Kier molecular flexibility index (Phi) is 4.61. The average Bonchev–Trinajstić information content (AvgIpc) is 2.47. The Morgan fingerprint density at radius 1 is 1.45 bits per heavy atom. The van der Waals surface area contributed by atoms with E-state index in [2.05, 4.69) is 16.4 Å². The number of hydrogen-bond acceptors (Lipinski definition) is 3. The Hall–Kier alpha value is -1.60. The van der Waals surface area contributed by atoms with Gasteiger partial charge in [0.05, 0.1) is 6.07 Å². The first-order valence-electron chi connectivity index (χ1n) is 6.99. The molecule has 0 radical (unpaired) electrons. The van der Waals surface area contributed by atoms with Gasteiger partial charge in [0.15, 0.2) is 0 Å². The molecular formula is C15H18ClN3O. The fraction of sp³-hybridized carbons (Fsp3) is 0.533. The first-order chi connectivity index (χ1) is 9.58. The second-order valence-corrected chi connectivity index (χ2v) is 5.62. The summed E-state index contributed by atoms with van der Waals surface area (Å²) in [4.78, 5) is 16.5. The van der Waals surface area contributed by atoms with Gasteiger partial charge in [-0.15, -0.1) is 0 Å². The van der Waals surface area contributed by atoms with Crippen molar-refractivity contribution in [1.29, 1.82) is 5.26 Å². The van der Waals surface area contributed by atoms with E-state index in [1.807, 2.05) is 6.92 Å². The molecule has 5 heteroatoms. The molecular weight excluding hydrogens is 274 g/mol. The van der Waals surface area contributed by atoms with Crippen LogP contribution in [0.1, 0.15) is 55.1 Å². The van der Waals surface area contributed by atoms with Gasteiger partial charge in [-0.2, -0.15) is 5.26 Å². The van der Waals surface area contributed by atoms with Gasteiger partial charge in [0.25, 0.3) is 5.91 Å². The van der Waals surface area contributed by atoms with Crippen LogP contribution in [0.3, 0.4) is 0 Å². The number of rotatable bonds is 3. The fourth-order valence-corrected chi connectivity index (χ4v) is 2.80. The highest BCUT2D eigenvalue weighted by Crippen LogP contribution is 2.28. The third-order valence-corrected chi connectivity index (χ3v) is 3.94. The van der Waals surface area contributed by atoms with Gasteiger partial charge in [0.1, 0.15) is 10.7 Å². The lowest BCUT2D eigenvalue weighted by Gasteiger charge is -2.31. The minimum atomic E-state index is -0.725. The second kappa shape index (κ2) is 6.23. The van der Waals surface area contributed by atoms with Crippen molar-refractivity contribution in [2.45, 2.75) is 51.0 Å². The molecule has 1 aromatic heterocycles. The third kappa shape index (κ3) is 3.29. The van der Waals surface area contributed by atoms with E-state index in [1.54, 1.807) is 12.1 Å². The van der Waals surface area contributed by atoms with Crippen LogP contribution in [0.4, 0.5) is 0 Å². The number of amides is 1. The highest BCUT2D eigenvalue weighted by molar-refractivity contribution is 6.29. The van der Waals surface area contributed by atoms with Gasteiger partial charge >= 0.3 is 0 Å². The molecule has 1 heterocycles. The molecule has 1 fully saturated rings. The van der Waals surface area contributed by atoms with Crippen LogP contribution in [0.2, 0.25) is 5.15 Å². The summed E-state index contributed by atoms with van der Waals surface area (Å²) >= 11 is 5.93. The zero-order valence-corrected chi connectivity index (χ0v) is 12.3. The molecule has 106 valence electrons. The van der Waals surface area contributed by atoms with Gasteiger partial charge in [-0.25, -0.2) is 4.98 Å². The van der Waals surface area contributed by atoms with Crippen LogP contribution >= 0.6 is 11.6 Å². The van der Waals surface area contributed by atoms with Crippen molar-refractivity contribution < 1.29 is 4.79 Å². The van der Waals surface area contributed by atoms with Crippen molar-refractivity contribution in [3.05, 3.63) is 28.5 Å². The van der Waals surface area contributed by atoms with Gasteiger partial charge in [0, 0.05) is 11.3 Å². The van der Waals surface area contributed by atoms with Gasteiger partial charge < -0.3 is 5.32 Å². The molecule has 1 aromatic rings. The van der Waals surface area contributed by atoms with Gasteiger partial charge in [-0.1, -0.05) is 37.8 Å². The lowest BCUT2D eigenvalue weighted by molar-refractivity contribution is 0.0902. The predicted octanol–water partition coefficient (Wildman–Crippen LogP) is 3.25. The van der Waals surface area contributed by atoms with Gasteiger partial charge in [-0.05, 0) is 31.4 Å². The molecule has 0 aliphatic heterocycles. The zero-order chi connectivity index (χ0) is 14.6. The summed E-state index contributed by atoms with van der Waals surface area (Å²) in [5.41, 5.74) is 0.525. The molecule has 0 atom stereocenters. The number of carbonyl (C=O) groups excluding carboxylic acids is 1. The molecule has 0 aromatic carbocycles. The molecule has 0 saturated heterocycles. The second-order valence-electron chi connectivity index (χ2n) is 5.23. The maximum atomic E-state index is 12.3. The van der Waals surface area contributed by atoms with Crippen molar-refractivity contribution in [3.8, 4) is 6.07 Å². The normalized spacial score (nSPS) is 17.2. The lowest BCUT2D eigenvalue weighted by Crippen LogP contribution is -2.48. The topological polar surface area (TPSA) is 65.8 Å². The van der Waals surface area contributed by atoms with Crippen LogP contribution < -0.4 is 5.32 Å². The van der Waals surface area contributed by atoms with E-state index in [0.29, 0.717) is 30.0 Å². The van der Waals surface area contributed by atoms with Crippen LogP contribution in [-0.4, -0.2) is 16.4 Å². The monoisotopic (exact) mass is 291 g/mol. The number of carbonyl (C=O) groups is 1. The predicted molar refractivity (Wildman–Crippen MR) is 77.5 cm³/mol. The molecule has 1 saturated carbocycles. The largest absolute Gasteiger partial charge is 0.334 e. The van der Waals surface area contributed by atoms with Gasteiger partial charge in [0.2, 0.25) is 0 Å². The molecule has 1 N–H and O–H groups in total. The number of nitriles is 1. The summed E-state index contributed by atoms with van der Waals surface area (Å²) in [5.74, 6) is -0.243. The van der Waals surface area contributed by atoms with Crippen LogP contribution in [0.5, 0.6) is 0 Å².